The zero-order valence-electron chi connectivity index (χ0n) is 13.8. The van der Waals surface area contributed by atoms with Crippen LogP contribution in [0.1, 0.15) is 20.3 Å². The summed E-state index contributed by atoms with van der Waals surface area (Å²) in [5.41, 5.74) is 0.493. The molecule has 0 aliphatic rings. The molecule has 0 saturated heterocycles. The molecule has 1 unspecified atom stereocenters. The molecule has 5 N–H and O–H groups in total. The Labute approximate surface area is 145 Å². The molecule has 136 valence electrons. The molecule has 10 heteroatoms. The van der Waals surface area contributed by atoms with E-state index in [1.165, 1.54) is 24.3 Å². The van der Waals surface area contributed by atoms with Gasteiger partial charge in [0.25, 0.3) is 0 Å². The molecule has 25 heavy (non-hydrogen) atoms. The van der Waals surface area contributed by atoms with Gasteiger partial charge in [-0.05, 0) is 36.6 Å². The number of anilines is 3. The van der Waals surface area contributed by atoms with Crippen molar-refractivity contribution in [3.8, 4) is 0 Å². The Kier molecular flexibility index (Phi) is 5.88. The van der Waals surface area contributed by atoms with Crippen LogP contribution < -0.4 is 15.8 Å². The Balaban J connectivity index is 2.14. The van der Waals surface area contributed by atoms with Crippen molar-refractivity contribution in [1.29, 1.82) is 0 Å². The number of aliphatic hydroxyl groups is 1. The van der Waals surface area contributed by atoms with Crippen molar-refractivity contribution in [2.45, 2.75) is 31.4 Å². The van der Waals surface area contributed by atoms with Gasteiger partial charge in [-0.1, -0.05) is 13.8 Å². The van der Waals surface area contributed by atoms with Gasteiger partial charge in [0.15, 0.2) is 11.6 Å². The Bertz CT molecular complexity index is 828. The van der Waals surface area contributed by atoms with E-state index in [9.17, 15) is 17.9 Å². The monoisotopic (exact) mass is 369 g/mol. The van der Waals surface area contributed by atoms with Crippen LogP contribution in [-0.2, 0) is 10.0 Å². The summed E-state index contributed by atoms with van der Waals surface area (Å²) in [4.78, 5) is 7.76. The van der Waals surface area contributed by atoms with Gasteiger partial charge in [-0.15, -0.1) is 0 Å². The number of nitrogens with one attached hydrogen (secondary N) is 2. The highest BCUT2D eigenvalue weighted by molar-refractivity contribution is 7.89. The number of sulfonamides is 1. The normalized spacial score (nSPS) is 12.9. The molecule has 0 spiro atoms. The molecule has 0 aliphatic carbocycles. The third-order valence-electron chi connectivity index (χ3n) is 3.18. The number of halogens is 1. The Morgan fingerprint density at radius 2 is 1.92 bits per heavy atom. The van der Waals surface area contributed by atoms with E-state index in [-0.39, 0.29) is 22.6 Å². The third-order valence-corrected chi connectivity index (χ3v) is 4.11. The lowest BCUT2D eigenvalue weighted by Gasteiger charge is -2.16. The highest BCUT2D eigenvalue weighted by Gasteiger charge is 2.13. The summed E-state index contributed by atoms with van der Waals surface area (Å²) in [5.74, 6) is -0.518. The second-order valence-corrected chi connectivity index (χ2v) is 7.44. The first-order valence-electron chi connectivity index (χ1n) is 7.52. The number of nitrogens with two attached hydrogens (primary N) is 1. The van der Waals surface area contributed by atoms with Crippen LogP contribution >= 0.6 is 0 Å². The SMILES string of the molecule is CC(C)CC(O)Nc1nc(Nc2ccc(S(N)(=O)=O)cc2)ncc1F. The fourth-order valence-corrected chi connectivity index (χ4v) is 2.56. The Morgan fingerprint density at radius 3 is 2.48 bits per heavy atom. The van der Waals surface area contributed by atoms with Crippen molar-refractivity contribution < 1.29 is 17.9 Å². The van der Waals surface area contributed by atoms with Crippen LogP contribution in [0.15, 0.2) is 35.4 Å². The number of benzene rings is 1. The van der Waals surface area contributed by atoms with Crippen LogP contribution in [0.2, 0.25) is 0 Å². The first-order valence-corrected chi connectivity index (χ1v) is 9.07. The summed E-state index contributed by atoms with van der Waals surface area (Å²) in [6.07, 6.45) is 0.464. The number of hydrogen-bond donors (Lipinski definition) is 4. The van der Waals surface area contributed by atoms with Gasteiger partial charge in [0.2, 0.25) is 16.0 Å². The van der Waals surface area contributed by atoms with Crippen molar-refractivity contribution in [2.24, 2.45) is 11.1 Å². The molecule has 1 aromatic carbocycles. The molecule has 1 heterocycles. The first kappa shape index (κ1) is 19.0. The summed E-state index contributed by atoms with van der Waals surface area (Å²) in [6, 6.07) is 5.61. The van der Waals surface area contributed by atoms with Gasteiger partial charge >= 0.3 is 0 Å². The van der Waals surface area contributed by atoms with Crippen LogP contribution in [0.4, 0.5) is 21.8 Å². The van der Waals surface area contributed by atoms with Gasteiger partial charge < -0.3 is 15.7 Å². The quantitative estimate of drug-likeness (QED) is 0.547. The van der Waals surface area contributed by atoms with E-state index in [2.05, 4.69) is 20.6 Å². The number of aliphatic hydroxyl groups excluding tert-OH is 1. The molecule has 1 aromatic heterocycles. The van der Waals surface area contributed by atoms with E-state index >= 15 is 0 Å². The highest BCUT2D eigenvalue weighted by atomic mass is 32.2. The molecule has 0 fully saturated rings. The van der Waals surface area contributed by atoms with Crippen LogP contribution in [0, 0.1) is 11.7 Å². The van der Waals surface area contributed by atoms with Crippen LogP contribution in [0.25, 0.3) is 0 Å². The average molecular weight is 369 g/mol. The molecular formula is C15H20FN5O3S. The number of rotatable bonds is 7. The van der Waals surface area contributed by atoms with Crippen LogP contribution in [0.3, 0.4) is 0 Å². The third kappa shape index (κ3) is 5.62. The molecule has 0 bridgehead atoms. The lowest BCUT2D eigenvalue weighted by atomic mass is 10.1. The summed E-state index contributed by atoms with van der Waals surface area (Å²) in [6.45, 7) is 3.86. The molecule has 0 radical (unpaired) electrons. The molecule has 0 aliphatic heterocycles. The fourth-order valence-electron chi connectivity index (χ4n) is 2.05. The summed E-state index contributed by atoms with van der Waals surface area (Å²) < 4.78 is 36.2. The number of primary sulfonamides is 1. The molecule has 1 atom stereocenters. The van der Waals surface area contributed by atoms with Crippen molar-refractivity contribution in [3.05, 3.63) is 36.3 Å². The van der Waals surface area contributed by atoms with Gasteiger partial charge in [-0.2, -0.15) is 4.98 Å². The Hall–Kier alpha value is -2.30. The van der Waals surface area contributed by atoms with E-state index in [1.54, 1.807) is 0 Å². The average Bonchev–Trinajstić information content (AvgIpc) is 2.49. The zero-order valence-corrected chi connectivity index (χ0v) is 14.6. The highest BCUT2D eigenvalue weighted by Crippen LogP contribution is 2.19. The van der Waals surface area contributed by atoms with E-state index in [4.69, 9.17) is 5.14 Å². The largest absolute Gasteiger partial charge is 0.374 e. The second-order valence-electron chi connectivity index (χ2n) is 5.87. The van der Waals surface area contributed by atoms with E-state index in [0.717, 1.165) is 6.20 Å². The molecule has 2 rings (SSSR count). The van der Waals surface area contributed by atoms with Crippen LogP contribution in [-0.4, -0.2) is 29.7 Å². The Morgan fingerprint density at radius 1 is 1.28 bits per heavy atom. The van der Waals surface area contributed by atoms with Crippen molar-refractivity contribution in [3.63, 3.8) is 0 Å². The zero-order chi connectivity index (χ0) is 18.6. The maximum Gasteiger partial charge on any atom is 0.238 e. The summed E-state index contributed by atoms with van der Waals surface area (Å²) in [7, 11) is -3.77. The number of nitrogens with zero attached hydrogens (tertiary/aromatic N) is 2. The predicted molar refractivity (Wildman–Crippen MR) is 92.2 cm³/mol. The van der Waals surface area contributed by atoms with E-state index in [1.807, 2.05) is 13.8 Å². The smallest absolute Gasteiger partial charge is 0.238 e. The topological polar surface area (TPSA) is 130 Å². The van der Waals surface area contributed by atoms with E-state index < -0.39 is 22.1 Å². The predicted octanol–water partition coefficient (Wildman–Crippen LogP) is 1.78. The summed E-state index contributed by atoms with van der Waals surface area (Å²) >= 11 is 0. The van der Waals surface area contributed by atoms with Gasteiger partial charge in [-0.25, -0.2) is 22.9 Å². The van der Waals surface area contributed by atoms with Crippen molar-refractivity contribution in [2.75, 3.05) is 10.6 Å². The minimum atomic E-state index is -3.77. The van der Waals surface area contributed by atoms with Gasteiger partial charge in [-0.3, -0.25) is 0 Å². The lowest BCUT2D eigenvalue weighted by Crippen LogP contribution is -2.22. The number of aromatic nitrogens is 2. The standard InChI is InChI=1S/C15H20FN5O3S/c1-9(2)7-13(22)20-14-12(16)8-18-15(21-14)19-10-3-5-11(6-4-10)25(17,23)24/h3-6,8-9,13,22H,7H2,1-2H3,(H2,17,23,24)(H2,18,19,20,21). The maximum absolute atomic E-state index is 13.8. The lowest BCUT2D eigenvalue weighted by molar-refractivity contribution is 0.175. The van der Waals surface area contributed by atoms with Crippen molar-refractivity contribution >= 4 is 27.5 Å². The van der Waals surface area contributed by atoms with Gasteiger partial charge in [0.05, 0.1) is 11.1 Å². The second kappa shape index (κ2) is 7.72. The summed E-state index contributed by atoms with van der Waals surface area (Å²) in [5, 5.41) is 20.3. The first-order chi connectivity index (χ1) is 11.6. The molecule has 2 aromatic rings. The molecular weight excluding hydrogens is 349 g/mol. The minimum Gasteiger partial charge on any atom is -0.374 e. The molecule has 8 nitrogen and oxygen atoms in total. The molecule has 0 amide bonds. The minimum absolute atomic E-state index is 0.0303. The maximum atomic E-state index is 13.8. The van der Waals surface area contributed by atoms with Gasteiger partial charge in [0, 0.05) is 5.69 Å². The van der Waals surface area contributed by atoms with E-state index in [0.29, 0.717) is 12.1 Å². The molecule has 0 saturated carbocycles. The fraction of sp³-hybridized carbons (Fsp3) is 0.333. The van der Waals surface area contributed by atoms with Crippen LogP contribution in [0.5, 0.6) is 0 Å². The number of hydrogen-bond acceptors (Lipinski definition) is 7. The van der Waals surface area contributed by atoms with Crippen molar-refractivity contribution in [1.82, 2.24) is 9.97 Å². The van der Waals surface area contributed by atoms with Gasteiger partial charge in [0.1, 0.15) is 6.23 Å².